The van der Waals surface area contributed by atoms with Crippen LogP contribution in [0.3, 0.4) is 0 Å². The average molecular weight is 458 g/mol. The number of phenols is 1. The molecule has 33 heavy (non-hydrogen) atoms. The second-order valence-electron chi connectivity index (χ2n) is 9.01. The van der Waals surface area contributed by atoms with Gasteiger partial charge in [0.1, 0.15) is 29.5 Å². The molecule has 2 aromatic rings. The second-order valence-corrected chi connectivity index (χ2v) is 9.01. The molecule has 7 heteroatoms. The van der Waals surface area contributed by atoms with E-state index in [9.17, 15) is 15.3 Å². The highest BCUT2D eigenvalue weighted by Gasteiger charge is 2.32. The first-order valence-electron chi connectivity index (χ1n) is 12.0. The topological polar surface area (TPSA) is 100 Å². The number of rotatable bonds is 9. The minimum atomic E-state index is -0.856. The summed E-state index contributed by atoms with van der Waals surface area (Å²) in [7, 11) is 0. The third-order valence-electron chi connectivity index (χ3n) is 6.53. The van der Waals surface area contributed by atoms with E-state index in [1.54, 1.807) is 24.3 Å². The summed E-state index contributed by atoms with van der Waals surface area (Å²) in [6.45, 7) is 1.73. The molecule has 0 amide bonds. The number of aromatic hydroxyl groups is 1. The van der Waals surface area contributed by atoms with Crippen molar-refractivity contribution in [3.05, 3.63) is 54.1 Å². The Bertz CT molecular complexity index is 835. The van der Waals surface area contributed by atoms with Crippen molar-refractivity contribution in [3.63, 3.8) is 0 Å². The van der Waals surface area contributed by atoms with Crippen LogP contribution in [-0.2, 0) is 15.9 Å². The predicted octanol–water partition coefficient (Wildman–Crippen LogP) is 3.16. The van der Waals surface area contributed by atoms with Gasteiger partial charge in [-0.15, -0.1) is 0 Å². The molecule has 4 N–H and O–H groups in total. The third-order valence-corrected chi connectivity index (χ3v) is 6.53. The van der Waals surface area contributed by atoms with Gasteiger partial charge in [0.05, 0.1) is 18.8 Å². The molecule has 2 fully saturated rings. The lowest BCUT2D eigenvalue weighted by Gasteiger charge is -2.34. The highest BCUT2D eigenvalue weighted by molar-refractivity contribution is 5.35. The maximum Gasteiger partial charge on any atom is 0.127 e. The van der Waals surface area contributed by atoms with E-state index < -0.39 is 18.3 Å². The highest BCUT2D eigenvalue weighted by atomic mass is 16.5. The third kappa shape index (κ3) is 7.16. The minimum absolute atomic E-state index is 0.194. The summed E-state index contributed by atoms with van der Waals surface area (Å²) < 4.78 is 17.3. The molecule has 2 aromatic carbocycles. The van der Waals surface area contributed by atoms with Crippen LogP contribution in [0.1, 0.15) is 37.7 Å². The summed E-state index contributed by atoms with van der Waals surface area (Å²) in [5.41, 5.74) is 1.26. The van der Waals surface area contributed by atoms with Crippen molar-refractivity contribution in [1.82, 2.24) is 5.32 Å². The number of aliphatic hydroxyl groups is 2. The fraction of sp³-hybridized carbons (Fsp3) is 0.538. The lowest BCUT2D eigenvalue weighted by Crippen LogP contribution is -2.47. The number of phenolic OH excluding ortho intramolecular Hbond substituents is 1. The highest BCUT2D eigenvalue weighted by Crippen LogP contribution is 2.25. The van der Waals surface area contributed by atoms with E-state index in [0.29, 0.717) is 31.4 Å². The quantitative estimate of drug-likeness (QED) is 0.459. The van der Waals surface area contributed by atoms with Crippen molar-refractivity contribution in [3.8, 4) is 17.2 Å². The van der Waals surface area contributed by atoms with Gasteiger partial charge in [-0.05, 0) is 87.0 Å². The molecule has 1 heterocycles. The van der Waals surface area contributed by atoms with Crippen molar-refractivity contribution < 1.29 is 29.5 Å². The van der Waals surface area contributed by atoms with Crippen LogP contribution in [-0.4, -0.2) is 65.5 Å². The van der Waals surface area contributed by atoms with E-state index in [-0.39, 0.29) is 11.9 Å². The van der Waals surface area contributed by atoms with Gasteiger partial charge in [0, 0.05) is 12.6 Å². The Balaban J connectivity index is 1.11. The van der Waals surface area contributed by atoms with Crippen LogP contribution in [0.25, 0.3) is 0 Å². The fourth-order valence-corrected chi connectivity index (χ4v) is 4.46. The minimum Gasteiger partial charge on any atom is -0.508 e. The molecule has 0 radical (unpaired) electrons. The summed E-state index contributed by atoms with van der Waals surface area (Å²) in [6, 6.07) is 15.3. The van der Waals surface area contributed by atoms with Crippen LogP contribution in [0.15, 0.2) is 48.5 Å². The van der Waals surface area contributed by atoms with Gasteiger partial charge in [0.2, 0.25) is 0 Å². The first-order valence-corrected chi connectivity index (χ1v) is 12.0. The predicted molar refractivity (Wildman–Crippen MR) is 125 cm³/mol. The summed E-state index contributed by atoms with van der Waals surface area (Å²) >= 11 is 0. The number of benzene rings is 2. The van der Waals surface area contributed by atoms with Gasteiger partial charge in [-0.25, -0.2) is 0 Å². The SMILES string of the molecule is Oc1ccc(Oc2ccc(CCNC3CCC(OCC4OCCC(O)C4O)CC3)cc2)cc1. The second kappa shape index (κ2) is 11.8. The van der Waals surface area contributed by atoms with E-state index in [2.05, 4.69) is 17.4 Å². The van der Waals surface area contributed by atoms with E-state index in [1.165, 1.54) is 5.56 Å². The largest absolute Gasteiger partial charge is 0.508 e. The van der Waals surface area contributed by atoms with Crippen LogP contribution in [0.5, 0.6) is 17.2 Å². The van der Waals surface area contributed by atoms with Crippen LogP contribution < -0.4 is 10.1 Å². The monoisotopic (exact) mass is 457 g/mol. The first-order chi connectivity index (χ1) is 16.1. The molecule has 0 bridgehead atoms. The van der Waals surface area contributed by atoms with Gasteiger partial charge in [-0.3, -0.25) is 0 Å². The number of hydrogen-bond donors (Lipinski definition) is 4. The number of ether oxygens (including phenoxy) is 3. The zero-order valence-electron chi connectivity index (χ0n) is 18.9. The summed E-state index contributed by atoms with van der Waals surface area (Å²) in [5.74, 6) is 1.69. The molecule has 1 saturated heterocycles. The van der Waals surface area contributed by atoms with Gasteiger partial charge < -0.3 is 34.8 Å². The van der Waals surface area contributed by atoms with E-state index in [4.69, 9.17) is 14.2 Å². The van der Waals surface area contributed by atoms with Crippen molar-refractivity contribution in [2.75, 3.05) is 19.8 Å². The molecule has 1 saturated carbocycles. The summed E-state index contributed by atoms with van der Waals surface area (Å²) in [5, 5.41) is 32.8. The van der Waals surface area contributed by atoms with E-state index in [1.807, 2.05) is 12.1 Å². The Morgan fingerprint density at radius 3 is 2.24 bits per heavy atom. The van der Waals surface area contributed by atoms with Gasteiger partial charge >= 0.3 is 0 Å². The molecule has 2 aliphatic rings. The van der Waals surface area contributed by atoms with Gasteiger partial charge in [-0.1, -0.05) is 12.1 Å². The molecule has 0 spiro atoms. The van der Waals surface area contributed by atoms with Gasteiger partial charge in [0.25, 0.3) is 0 Å². The first kappa shape index (κ1) is 24.0. The number of nitrogens with one attached hydrogen (secondary N) is 1. The molecular formula is C26H35NO6. The van der Waals surface area contributed by atoms with Crippen molar-refractivity contribution in [1.29, 1.82) is 0 Å². The van der Waals surface area contributed by atoms with Gasteiger partial charge in [-0.2, -0.15) is 0 Å². The lowest BCUT2D eigenvalue weighted by molar-refractivity contribution is -0.163. The zero-order chi connectivity index (χ0) is 23.0. The Morgan fingerprint density at radius 2 is 1.55 bits per heavy atom. The van der Waals surface area contributed by atoms with E-state index in [0.717, 1.165) is 44.4 Å². The molecule has 0 aromatic heterocycles. The van der Waals surface area contributed by atoms with Crippen LogP contribution in [0.2, 0.25) is 0 Å². The lowest BCUT2D eigenvalue weighted by atomic mass is 9.92. The van der Waals surface area contributed by atoms with Crippen molar-refractivity contribution in [2.24, 2.45) is 0 Å². The molecule has 1 aliphatic carbocycles. The number of aliphatic hydroxyl groups excluding tert-OH is 2. The Kier molecular flexibility index (Phi) is 8.58. The maximum absolute atomic E-state index is 10.0. The van der Waals surface area contributed by atoms with Crippen LogP contribution in [0, 0.1) is 0 Å². The van der Waals surface area contributed by atoms with E-state index >= 15 is 0 Å². The van der Waals surface area contributed by atoms with Crippen molar-refractivity contribution >= 4 is 0 Å². The van der Waals surface area contributed by atoms with Crippen LogP contribution in [0.4, 0.5) is 0 Å². The number of hydrogen-bond acceptors (Lipinski definition) is 7. The van der Waals surface area contributed by atoms with Gasteiger partial charge in [0.15, 0.2) is 0 Å². The summed E-state index contributed by atoms with van der Waals surface area (Å²) in [4.78, 5) is 0. The maximum atomic E-state index is 10.0. The molecule has 7 nitrogen and oxygen atoms in total. The molecule has 3 atom stereocenters. The standard InChI is InChI=1S/C26H35NO6/c28-20-5-11-23(12-6-20)33-22-7-1-18(2-8-22)13-15-27-19-3-9-21(10-4-19)32-17-25-26(30)24(29)14-16-31-25/h1-2,5-8,11-12,19,21,24-30H,3-4,9-10,13-17H2. The molecule has 4 rings (SSSR count). The smallest absolute Gasteiger partial charge is 0.127 e. The Hall–Kier alpha value is -2.16. The normalized spacial score (nSPS) is 27.9. The van der Waals surface area contributed by atoms with Crippen molar-refractivity contribution in [2.45, 2.75) is 69.0 Å². The Labute approximate surface area is 195 Å². The molecule has 1 aliphatic heterocycles. The average Bonchev–Trinajstić information content (AvgIpc) is 2.83. The fourth-order valence-electron chi connectivity index (χ4n) is 4.46. The summed E-state index contributed by atoms with van der Waals surface area (Å²) in [6.07, 6.45) is 3.75. The molecule has 3 unspecified atom stereocenters. The van der Waals surface area contributed by atoms with Crippen LogP contribution >= 0.6 is 0 Å². The molecular weight excluding hydrogens is 422 g/mol. The zero-order valence-corrected chi connectivity index (χ0v) is 18.9. The molecule has 180 valence electrons. The Morgan fingerprint density at radius 1 is 0.879 bits per heavy atom.